The van der Waals surface area contributed by atoms with Crippen LogP contribution in [0.3, 0.4) is 0 Å². The molecule has 0 aromatic heterocycles. The molecule has 5 heteroatoms. The number of anilines is 1. The highest BCUT2D eigenvalue weighted by atomic mass is 16.2. The first-order valence-electron chi connectivity index (χ1n) is 8.23. The molecule has 0 unspecified atom stereocenters. The summed E-state index contributed by atoms with van der Waals surface area (Å²) in [6, 6.07) is 7.90. The lowest BCUT2D eigenvalue weighted by molar-refractivity contribution is -0.134. The number of nitrogens with one attached hydrogen (secondary N) is 1. The molecule has 0 bridgehead atoms. The lowest BCUT2D eigenvalue weighted by Crippen LogP contribution is -2.51. The van der Waals surface area contributed by atoms with Gasteiger partial charge in [-0.05, 0) is 42.9 Å². The molecule has 0 radical (unpaired) electrons. The van der Waals surface area contributed by atoms with E-state index in [0.29, 0.717) is 37.4 Å². The fourth-order valence-corrected chi connectivity index (χ4v) is 3.50. The van der Waals surface area contributed by atoms with E-state index in [2.05, 4.69) is 17.4 Å². The number of rotatable bonds is 3. The summed E-state index contributed by atoms with van der Waals surface area (Å²) < 4.78 is 0. The van der Waals surface area contributed by atoms with Crippen molar-refractivity contribution in [2.75, 3.05) is 11.9 Å². The van der Waals surface area contributed by atoms with Gasteiger partial charge in [-0.3, -0.25) is 19.7 Å². The van der Waals surface area contributed by atoms with Gasteiger partial charge in [0.1, 0.15) is 11.8 Å². The molecule has 0 spiro atoms. The van der Waals surface area contributed by atoms with Crippen molar-refractivity contribution >= 4 is 23.3 Å². The predicted molar refractivity (Wildman–Crippen MR) is 87.2 cm³/mol. The van der Waals surface area contributed by atoms with E-state index in [-0.39, 0.29) is 17.9 Å². The van der Waals surface area contributed by atoms with Crippen molar-refractivity contribution in [3.63, 3.8) is 0 Å². The minimum Gasteiger partial charge on any atom is -0.363 e. The second-order valence-corrected chi connectivity index (χ2v) is 6.49. The van der Waals surface area contributed by atoms with Gasteiger partial charge in [-0.2, -0.15) is 0 Å². The van der Waals surface area contributed by atoms with Crippen molar-refractivity contribution in [1.29, 1.82) is 0 Å². The third-order valence-corrected chi connectivity index (χ3v) is 4.97. The second-order valence-electron chi connectivity index (χ2n) is 6.49. The largest absolute Gasteiger partial charge is 0.363 e. The molecule has 2 amide bonds. The molecule has 1 aliphatic heterocycles. The molecular formula is C18H22N2O3. The van der Waals surface area contributed by atoms with Crippen molar-refractivity contribution in [3.8, 4) is 0 Å². The summed E-state index contributed by atoms with van der Waals surface area (Å²) in [4.78, 5) is 36.7. The molecule has 1 N–H and O–H groups in total. The summed E-state index contributed by atoms with van der Waals surface area (Å²) in [5, 5.41) is 2.41. The standard InChI is InChI=1S/C18H22N2O3/c1-20(16-9-10-17(22)19-18(16)23)14-4-2-3-13(11-14)12-5-7-15(21)8-6-12/h2-4,11-12,16H,5-10H2,1H3,(H,19,22,23)/t16-/m1/s1. The minimum atomic E-state index is -0.309. The summed E-state index contributed by atoms with van der Waals surface area (Å²) in [6.45, 7) is 0. The van der Waals surface area contributed by atoms with Gasteiger partial charge in [-0.15, -0.1) is 0 Å². The number of carbonyl (C=O) groups excluding carboxylic acids is 3. The maximum Gasteiger partial charge on any atom is 0.249 e. The Morgan fingerprint density at radius 3 is 2.48 bits per heavy atom. The van der Waals surface area contributed by atoms with E-state index < -0.39 is 0 Å². The minimum absolute atomic E-state index is 0.194. The Morgan fingerprint density at radius 1 is 1.04 bits per heavy atom. The van der Waals surface area contributed by atoms with Crippen LogP contribution in [0.1, 0.15) is 50.0 Å². The Bertz CT molecular complexity index is 631. The van der Waals surface area contributed by atoms with E-state index in [4.69, 9.17) is 0 Å². The summed E-state index contributed by atoms with van der Waals surface area (Å²) in [5.41, 5.74) is 2.21. The molecule has 2 fully saturated rings. The zero-order valence-corrected chi connectivity index (χ0v) is 13.4. The van der Waals surface area contributed by atoms with E-state index in [1.807, 2.05) is 24.1 Å². The summed E-state index contributed by atoms with van der Waals surface area (Å²) in [5.74, 6) is 0.360. The molecular weight excluding hydrogens is 292 g/mol. The van der Waals surface area contributed by atoms with E-state index >= 15 is 0 Å². The summed E-state index contributed by atoms with van der Waals surface area (Å²) in [7, 11) is 1.89. The number of amides is 2. The molecule has 2 aliphatic rings. The first-order chi connectivity index (χ1) is 11.0. The maximum atomic E-state index is 12.0. The van der Waals surface area contributed by atoms with E-state index in [9.17, 15) is 14.4 Å². The van der Waals surface area contributed by atoms with Crippen LogP contribution in [0.25, 0.3) is 0 Å². The van der Waals surface area contributed by atoms with Gasteiger partial charge in [0.2, 0.25) is 11.8 Å². The number of imide groups is 1. The van der Waals surface area contributed by atoms with Gasteiger partial charge in [-0.25, -0.2) is 0 Å². The topological polar surface area (TPSA) is 66.5 Å². The van der Waals surface area contributed by atoms with Crippen LogP contribution in [0.15, 0.2) is 24.3 Å². The molecule has 23 heavy (non-hydrogen) atoms. The van der Waals surface area contributed by atoms with Gasteiger partial charge < -0.3 is 4.90 Å². The van der Waals surface area contributed by atoms with Crippen molar-refractivity contribution < 1.29 is 14.4 Å². The third kappa shape index (κ3) is 3.44. The molecule has 5 nitrogen and oxygen atoms in total. The van der Waals surface area contributed by atoms with Crippen LogP contribution >= 0.6 is 0 Å². The van der Waals surface area contributed by atoms with Gasteiger partial charge in [0.05, 0.1) is 0 Å². The molecule has 1 heterocycles. The van der Waals surface area contributed by atoms with E-state index in [1.165, 1.54) is 5.56 Å². The molecule has 122 valence electrons. The molecule has 1 aromatic carbocycles. The number of hydrogen-bond acceptors (Lipinski definition) is 4. The number of carbonyl (C=O) groups is 3. The molecule has 1 saturated carbocycles. The Hall–Kier alpha value is -2.17. The zero-order valence-electron chi connectivity index (χ0n) is 13.4. The highest BCUT2D eigenvalue weighted by molar-refractivity contribution is 6.01. The third-order valence-electron chi connectivity index (χ3n) is 4.97. The summed E-state index contributed by atoms with van der Waals surface area (Å²) >= 11 is 0. The number of ketones is 1. The quantitative estimate of drug-likeness (QED) is 0.868. The van der Waals surface area contributed by atoms with Gasteiger partial charge in [0, 0.05) is 32.0 Å². The molecule has 1 aliphatic carbocycles. The lowest BCUT2D eigenvalue weighted by atomic mass is 9.83. The van der Waals surface area contributed by atoms with E-state index in [0.717, 1.165) is 18.5 Å². The van der Waals surface area contributed by atoms with Gasteiger partial charge in [0.25, 0.3) is 0 Å². The van der Waals surface area contributed by atoms with Crippen LogP contribution in [0.4, 0.5) is 5.69 Å². The number of nitrogens with zero attached hydrogens (tertiary/aromatic N) is 1. The average molecular weight is 314 g/mol. The van der Waals surface area contributed by atoms with Gasteiger partial charge >= 0.3 is 0 Å². The van der Waals surface area contributed by atoms with Crippen molar-refractivity contribution in [1.82, 2.24) is 5.32 Å². The van der Waals surface area contributed by atoms with Gasteiger partial charge in [0.15, 0.2) is 0 Å². The van der Waals surface area contributed by atoms with Crippen molar-refractivity contribution in [3.05, 3.63) is 29.8 Å². The fraction of sp³-hybridized carbons (Fsp3) is 0.500. The molecule has 1 aromatic rings. The number of hydrogen-bond donors (Lipinski definition) is 1. The number of benzene rings is 1. The number of likely N-dealkylation sites (N-methyl/N-ethyl adjacent to an activating group) is 1. The lowest BCUT2D eigenvalue weighted by Gasteiger charge is -2.32. The number of Topliss-reactive ketones (excluding diaryl/α,β-unsaturated/α-hetero) is 1. The predicted octanol–water partition coefficient (Wildman–Crippen LogP) is 2.15. The molecule has 1 atom stereocenters. The fourth-order valence-electron chi connectivity index (χ4n) is 3.50. The number of piperidine rings is 1. The first kappa shape index (κ1) is 15.7. The second kappa shape index (κ2) is 6.52. The molecule has 3 rings (SSSR count). The smallest absolute Gasteiger partial charge is 0.249 e. The van der Waals surface area contributed by atoms with Crippen LogP contribution in [-0.2, 0) is 14.4 Å². The Balaban J connectivity index is 1.75. The van der Waals surface area contributed by atoms with E-state index in [1.54, 1.807) is 0 Å². The SMILES string of the molecule is CN(c1cccc(C2CCC(=O)CC2)c1)[C@@H]1CCC(=O)NC1=O. The highest BCUT2D eigenvalue weighted by Crippen LogP contribution is 2.33. The Kier molecular flexibility index (Phi) is 4.46. The highest BCUT2D eigenvalue weighted by Gasteiger charge is 2.30. The van der Waals surface area contributed by atoms with Crippen LogP contribution in [0, 0.1) is 0 Å². The van der Waals surface area contributed by atoms with Gasteiger partial charge in [-0.1, -0.05) is 12.1 Å². The zero-order chi connectivity index (χ0) is 16.4. The van der Waals surface area contributed by atoms with Crippen LogP contribution in [0.2, 0.25) is 0 Å². The van der Waals surface area contributed by atoms with Crippen molar-refractivity contribution in [2.24, 2.45) is 0 Å². The average Bonchev–Trinajstić information content (AvgIpc) is 2.55. The van der Waals surface area contributed by atoms with Crippen LogP contribution in [-0.4, -0.2) is 30.7 Å². The monoisotopic (exact) mass is 314 g/mol. The van der Waals surface area contributed by atoms with Crippen molar-refractivity contribution in [2.45, 2.75) is 50.5 Å². The Labute approximate surface area is 136 Å². The first-order valence-corrected chi connectivity index (χ1v) is 8.23. The molecule has 1 saturated heterocycles. The maximum absolute atomic E-state index is 12.0. The van der Waals surface area contributed by atoms with Crippen LogP contribution in [0.5, 0.6) is 0 Å². The normalized spacial score (nSPS) is 22.8. The Morgan fingerprint density at radius 2 is 1.78 bits per heavy atom. The summed E-state index contributed by atoms with van der Waals surface area (Å²) in [6.07, 6.45) is 4.07. The van der Waals surface area contributed by atoms with Crippen LogP contribution < -0.4 is 10.2 Å².